The largest absolute Gasteiger partial charge is 0.322 e. The maximum Gasteiger partial charge on any atom is 0.257 e. The number of anilines is 1. The lowest BCUT2D eigenvalue weighted by atomic mass is 10.1. The van der Waals surface area contributed by atoms with Gasteiger partial charge in [0, 0.05) is 16.6 Å². The monoisotopic (exact) mass is 364 g/mol. The zero-order valence-electron chi connectivity index (χ0n) is 12.4. The van der Waals surface area contributed by atoms with Crippen molar-refractivity contribution >= 4 is 34.5 Å². The number of carbonyl (C=O) groups excluding carboxylic acids is 1. The van der Waals surface area contributed by atoms with Crippen LogP contribution in [0.2, 0.25) is 5.02 Å². The SMILES string of the molecule is Cc1nc(-c2ccc(NC(=O)c3cc(F)c(F)cc3Cl)cc2)cs1. The van der Waals surface area contributed by atoms with Gasteiger partial charge in [0.1, 0.15) is 0 Å². The van der Waals surface area contributed by atoms with Gasteiger partial charge in [-0.15, -0.1) is 11.3 Å². The van der Waals surface area contributed by atoms with Crippen molar-refractivity contribution in [2.24, 2.45) is 0 Å². The summed E-state index contributed by atoms with van der Waals surface area (Å²) in [6.45, 7) is 1.92. The second kappa shape index (κ2) is 6.67. The summed E-state index contributed by atoms with van der Waals surface area (Å²) < 4.78 is 26.3. The molecular weight excluding hydrogens is 354 g/mol. The topological polar surface area (TPSA) is 42.0 Å². The molecule has 3 rings (SSSR count). The molecule has 0 aliphatic carbocycles. The summed E-state index contributed by atoms with van der Waals surface area (Å²) in [5.74, 6) is -2.84. The number of hydrogen-bond donors (Lipinski definition) is 1. The van der Waals surface area contributed by atoms with E-state index in [2.05, 4.69) is 10.3 Å². The average Bonchev–Trinajstić information content (AvgIpc) is 2.98. The van der Waals surface area contributed by atoms with Gasteiger partial charge >= 0.3 is 0 Å². The molecule has 122 valence electrons. The molecule has 3 aromatic rings. The van der Waals surface area contributed by atoms with Crippen LogP contribution in [-0.2, 0) is 0 Å². The molecule has 0 atom stereocenters. The first kappa shape index (κ1) is 16.5. The Morgan fingerprint density at radius 2 is 1.83 bits per heavy atom. The molecule has 0 bridgehead atoms. The molecule has 1 amide bonds. The van der Waals surface area contributed by atoms with Gasteiger partial charge in [-0.05, 0) is 31.2 Å². The van der Waals surface area contributed by atoms with Crippen LogP contribution in [0.3, 0.4) is 0 Å². The predicted octanol–water partition coefficient (Wildman–Crippen LogP) is 5.30. The highest BCUT2D eigenvalue weighted by atomic mass is 35.5. The molecular formula is C17H11ClF2N2OS. The van der Waals surface area contributed by atoms with E-state index in [9.17, 15) is 13.6 Å². The molecule has 0 saturated heterocycles. The summed E-state index contributed by atoms with van der Waals surface area (Å²) in [6, 6.07) is 8.60. The van der Waals surface area contributed by atoms with Crippen molar-refractivity contribution in [1.29, 1.82) is 0 Å². The van der Waals surface area contributed by atoms with E-state index >= 15 is 0 Å². The van der Waals surface area contributed by atoms with Crippen LogP contribution in [0.25, 0.3) is 11.3 Å². The van der Waals surface area contributed by atoms with Gasteiger partial charge in [-0.3, -0.25) is 4.79 Å². The van der Waals surface area contributed by atoms with Crippen LogP contribution in [0.1, 0.15) is 15.4 Å². The highest BCUT2D eigenvalue weighted by Crippen LogP contribution is 2.24. The molecule has 1 heterocycles. The summed E-state index contributed by atoms with van der Waals surface area (Å²) in [5, 5.41) is 5.36. The van der Waals surface area contributed by atoms with E-state index in [4.69, 9.17) is 11.6 Å². The van der Waals surface area contributed by atoms with Gasteiger partial charge in [0.25, 0.3) is 5.91 Å². The van der Waals surface area contributed by atoms with E-state index < -0.39 is 17.5 Å². The Kier molecular flexibility index (Phi) is 4.59. The van der Waals surface area contributed by atoms with Crippen LogP contribution >= 0.6 is 22.9 Å². The lowest BCUT2D eigenvalue weighted by Crippen LogP contribution is -2.13. The molecule has 0 aliphatic heterocycles. The van der Waals surface area contributed by atoms with E-state index in [1.165, 1.54) is 0 Å². The summed E-state index contributed by atoms with van der Waals surface area (Å²) in [7, 11) is 0. The predicted molar refractivity (Wildman–Crippen MR) is 91.6 cm³/mol. The van der Waals surface area contributed by atoms with Crippen molar-refractivity contribution < 1.29 is 13.6 Å². The van der Waals surface area contributed by atoms with E-state index in [1.807, 2.05) is 24.4 Å². The number of nitrogens with zero attached hydrogens (tertiary/aromatic N) is 1. The number of amides is 1. The Morgan fingerprint density at radius 3 is 2.46 bits per heavy atom. The average molecular weight is 365 g/mol. The smallest absolute Gasteiger partial charge is 0.257 e. The van der Waals surface area contributed by atoms with Gasteiger partial charge in [0.15, 0.2) is 11.6 Å². The summed E-state index contributed by atoms with van der Waals surface area (Å²) in [6.07, 6.45) is 0. The van der Waals surface area contributed by atoms with Crippen LogP contribution < -0.4 is 5.32 Å². The Bertz CT molecular complexity index is 909. The van der Waals surface area contributed by atoms with Gasteiger partial charge < -0.3 is 5.32 Å². The molecule has 0 aliphatic rings. The second-order valence-electron chi connectivity index (χ2n) is 5.03. The van der Waals surface area contributed by atoms with Crippen molar-refractivity contribution in [3.05, 3.63) is 69.0 Å². The zero-order valence-corrected chi connectivity index (χ0v) is 14.0. The molecule has 2 aromatic carbocycles. The number of aromatic nitrogens is 1. The van der Waals surface area contributed by atoms with Crippen molar-refractivity contribution in [1.82, 2.24) is 4.98 Å². The lowest BCUT2D eigenvalue weighted by Gasteiger charge is -2.08. The molecule has 0 spiro atoms. The van der Waals surface area contributed by atoms with Crippen LogP contribution in [-0.4, -0.2) is 10.9 Å². The normalized spacial score (nSPS) is 10.7. The first-order valence-corrected chi connectivity index (χ1v) is 8.18. The minimum atomic E-state index is -1.13. The number of hydrogen-bond acceptors (Lipinski definition) is 3. The van der Waals surface area contributed by atoms with Crippen molar-refractivity contribution in [3.8, 4) is 11.3 Å². The summed E-state index contributed by atoms with van der Waals surface area (Å²) in [4.78, 5) is 16.5. The maximum absolute atomic E-state index is 13.3. The number of aryl methyl sites for hydroxylation is 1. The number of nitrogens with one attached hydrogen (secondary N) is 1. The zero-order chi connectivity index (χ0) is 17.3. The third kappa shape index (κ3) is 3.44. The van der Waals surface area contributed by atoms with E-state index in [0.29, 0.717) is 5.69 Å². The van der Waals surface area contributed by atoms with Crippen LogP contribution in [0.4, 0.5) is 14.5 Å². The Labute approximate surface area is 145 Å². The minimum Gasteiger partial charge on any atom is -0.322 e. The highest BCUT2D eigenvalue weighted by molar-refractivity contribution is 7.09. The first-order chi connectivity index (χ1) is 11.4. The van der Waals surface area contributed by atoms with Crippen molar-refractivity contribution in [2.75, 3.05) is 5.32 Å². The van der Waals surface area contributed by atoms with E-state index in [1.54, 1.807) is 23.5 Å². The molecule has 1 N–H and O–H groups in total. The van der Waals surface area contributed by atoms with Gasteiger partial charge in [0.2, 0.25) is 0 Å². The molecule has 3 nitrogen and oxygen atoms in total. The maximum atomic E-state index is 13.3. The van der Waals surface area contributed by atoms with Crippen LogP contribution in [0.15, 0.2) is 41.8 Å². The molecule has 1 aromatic heterocycles. The van der Waals surface area contributed by atoms with Gasteiger partial charge in [0.05, 0.1) is 21.3 Å². The van der Waals surface area contributed by atoms with Gasteiger partial charge in [-0.2, -0.15) is 0 Å². The van der Waals surface area contributed by atoms with Crippen molar-refractivity contribution in [3.63, 3.8) is 0 Å². The van der Waals surface area contributed by atoms with Gasteiger partial charge in [-0.25, -0.2) is 13.8 Å². The number of halogens is 3. The number of benzene rings is 2. The second-order valence-corrected chi connectivity index (χ2v) is 6.50. The molecule has 0 saturated carbocycles. The number of carbonyl (C=O) groups is 1. The summed E-state index contributed by atoms with van der Waals surface area (Å²) in [5.41, 5.74) is 2.16. The first-order valence-electron chi connectivity index (χ1n) is 6.92. The number of thiazole rings is 1. The molecule has 0 unspecified atom stereocenters. The Hall–Kier alpha value is -2.31. The Morgan fingerprint density at radius 1 is 1.17 bits per heavy atom. The fraction of sp³-hybridized carbons (Fsp3) is 0.0588. The minimum absolute atomic E-state index is 0.130. The third-order valence-corrected chi connectivity index (χ3v) is 4.40. The van der Waals surface area contributed by atoms with E-state index in [0.717, 1.165) is 28.4 Å². The quantitative estimate of drug-likeness (QED) is 0.640. The number of rotatable bonds is 3. The summed E-state index contributed by atoms with van der Waals surface area (Å²) >= 11 is 7.35. The molecule has 24 heavy (non-hydrogen) atoms. The van der Waals surface area contributed by atoms with Gasteiger partial charge in [-0.1, -0.05) is 23.7 Å². The molecule has 7 heteroatoms. The van der Waals surface area contributed by atoms with E-state index in [-0.39, 0.29) is 10.6 Å². The molecule has 0 fully saturated rings. The standard InChI is InChI=1S/C17H11ClF2N2OS/c1-9-21-16(8-24-9)10-2-4-11(5-3-10)22-17(23)12-6-14(19)15(20)7-13(12)18/h2-8H,1H3,(H,22,23). The van der Waals surface area contributed by atoms with Crippen molar-refractivity contribution in [2.45, 2.75) is 6.92 Å². The van der Waals surface area contributed by atoms with Crippen LogP contribution in [0.5, 0.6) is 0 Å². The van der Waals surface area contributed by atoms with Crippen LogP contribution in [0, 0.1) is 18.6 Å². The molecule has 0 radical (unpaired) electrons. The lowest BCUT2D eigenvalue weighted by molar-refractivity contribution is 0.102. The highest BCUT2D eigenvalue weighted by Gasteiger charge is 2.15. The Balaban J connectivity index is 1.79. The fourth-order valence-corrected chi connectivity index (χ4v) is 2.97. The fourth-order valence-electron chi connectivity index (χ4n) is 2.12. The third-order valence-electron chi connectivity index (χ3n) is 3.31.